The molecule has 3 rings (SSSR count). The van der Waals surface area contributed by atoms with Crippen molar-refractivity contribution in [2.24, 2.45) is 0 Å². The molecular weight excluding hydrogens is 333 g/mol. The molecule has 2 N–H and O–H groups in total. The Morgan fingerprint density at radius 3 is 2.83 bits per heavy atom. The number of amides is 1. The van der Waals surface area contributed by atoms with Crippen LogP contribution in [0.4, 0.5) is 15.8 Å². The van der Waals surface area contributed by atoms with Crippen LogP contribution in [0.5, 0.6) is 0 Å². The number of hydrogen-bond acceptors (Lipinski definition) is 4. The van der Waals surface area contributed by atoms with Crippen molar-refractivity contribution in [1.29, 1.82) is 0 Å². The predicted molar refractivity (Wildman–Crippen MR) is 91.9 cm³/mol. The number of aryl methyl sites for hydroxylation is 1. The van der Waals surface area contributed by atoms with Gasteiger partial charge in [-0.15, -0.1) is 0 Å². The summed E-state index contributed by atoms with van der Waals surface area (Å²) in [5.74, 6) is -0.167. The first-order chi connectivity index (χ1) is 11.4. The second-order valence-electron chi connectivity index (χ2n) is 5.39. The van der Waals surface area contributed by atoms with E-state index in [9.17, 15) is 9.18 Å². The van der Waals surface area contributed by atoms with Crippen molar-refractivity contribution in [3.8, 4) is 0 Å². The number of nitrogens with zero attached hydrogens (tertiary/aromatic N) is 1. The van der Waals surface area contributed by atoms with Crippen molar-refractivity contribution >= 4 is 40.0 Å². The van der Waals surface area contributed by atoms with Crippen LogP contribution in [0.3, 0.4) is 0 Å². The highest BCUT2D eigenvalue weighted by Gasteiger charge is 2.15. The van der Waals surface area contributed by atoms with Crippen LogP contribution in [0.1, 0.15) is 12.8 Å². The Morgan fingerprint density at radius 2 is 2.08 bits per heavy atom. The van der Waals surface area contributed by atoms with Crippen LogP contribution in [-0.2, 0) is 4.79 Å². The van der Waals surface area contributed by atoms with Gasteiger partial charge >= 0.3 is 0 Å². The van der Waals surface area contributed by atoms with Crippen molar-refractivity contribution in [1.82, 2.24) is 4.98 Å². The normalized spacial score (nSPS) is 12.2. The first kappa shape index (κ1) is 16.3. The summed E-state index contributed by atoms with van der Waals surface area (Å²) >= 11 is 5.91. The average molecular weight is 348 g/mol. The van der Waals surface area contributed by atoms with Gasteiger partial charge in [-0.25, -0.2) is 9.37 Å². The number of nitrogens with one attached hydrogen (secondary N) is 2. The van der Waals surface area contributed by atoms with E-state index in [1.54, 1.807) is 26.0 Å². The number of hydrogen-bond donors (Lipinski definition) is 2. The fourth-order valence-corrected chi connectivity index (χ4v) is 2.49. The molecule has 0 aliphatic heterocycles. The first-order valence-electron chi connectivity index (χ1n) is 7.32. The van der Waals surface area contributed by atoms with Crippen LogP contribution < -0.4 is 10.6 Å². The molecule has 0 spiro atoms. The van der Waals surface area contributed by atoms with Gasteiger partial charge in [-0.2, -0.15) is 0 Å². The lowest BCUT2D eigenvalue weighted by atomic mass is 10.2. The molecular formula is C17H15ClFN3O2. The number of carbonyl (C=O) groups excluding carboxylic acids is 1. The number of rotatable bonds is 4. The summed E-state index contributed by atoms with van der Waals surface area (Å²) in [7, 11) is 0. The van der Waals surface area contributed by atoms with E-state index in [0.29, 0.717) is 22.7 Å². The van der Waals surface area contributed by atoms with E-state index in [1.165, 1.54) is 12.1 Å². The molecule has 0 aliphatic rings. The van der Waals surface area contributed by atoms with E-state index in [1.807, 2.05) is 6.07 Å². The number of aromatic nitrogens is 1. The monoisotopic (exact) mass is 347 g/mol. The van der Waals surface area contributed by atoms with Crippen molar-refractivity contribution < 1.29 is 13.6 Å². The number of halogens is 2. The molecule has 1 atom stereocenters. The molecule has 1 amide bonds. The van der Waals surface area contributed by atoms with Crippen molar-refractivity contribution in [2.75, 3.05) is 10.6 Å². The molecule has 1 aromatic heterocycles. The fraction of sp³-hybridized carbons (Fsp3) is 0.176. The molecule has 0 bridgehead atoms. The zero-order chi connectivity index (χ0) is 17.3. The Bertz CT molecular complexity index is 910. The Kier molecular flexibility index (Phi) is 4.40. The summed E-state index contributed by atoms with van der Waals surface area (Å²) in [6, 6.07) is 8.68. The fourth-order valence-electron chi connectivity index (χ4n) is 2.28. The number of carbonyl (C=O) groups is 1. The standard InChI is InChI=1S/C17H15ClFN3O2/c1-9(17(23)22-14-5-3-11(19)7-13(14)18)20-12-4-6-16-15(8-12)21-10(2)24-16/h3-9,20H,1-2H3,(H,22,23)/t9-/m1/s1. The Labute approximate surface area is 142 Å². The van der Waals surface area contributed by atoms with Crippen LogP contribution in [0.2, 0.25) is 5.02 Å². The molecule has 5 nitrogen and oxygen atoms in total. The lowest BCUT2D eigenvalue weighted by molar-refractivity contribution is -0.116. The van der Waals surface area contributed by atoms with Crippen LogP contribution in [0, 0.1) is 12.7 Å². The van der Waals surface area contributed by atoms with E-state index in [2.05, 4.69) is 15.6 Å². The van der Waals surface area contributed by atoms with E-state index in [-0.39, 0.29) is 10.9 Å². The smallest absolute Gasteiger partial charge is 0.246 e. The summed E-state index contributed by atoms with van der Waals surface area (Å²) in [5, 5.41) is 5.90. The molecule has 0 saturated carbocycles. The van der Waals surface area contributed by atoms with Gasteiger partial charge in [0.25, 0.3) is 0 Å². The largest absolute Gasteiger partial charge is 0.441 e. The van der Waals surface area contributed by atoms with Crippen LogP contribution in [0.15, 0.2) is 40.8 Å². The van der Waals surface area contributed by atoms with Gasteiger partial charge in [-0.3, -0.25) is 4.79 Å². The topological polar surface area (TPSA) is 67.2 Å². The van der Waals surface area contributed by atoms with Gasteiger partial charge in [0, 0.05) is 12.6 Å². The van der Waals surface area contributed by atoms with E-state index < -0.39 is 11.9 Å². The predicted octanol–water partition coefficient (Wildman–Crippen LogP) is 4.37. The van der Waals surface area contributed by atoms with Gasteiger partial charge in [0.2, 0.25) is 5.91 Å². The van der Waals surface area contributed by atoms with Gasteiger partial charge in [-0.1, -0.05) is 11.6 Å². The van der Waals surface area contributed by atoms with E-state index in [0.717, 1.165) is 11.8 Å². The third kappa shape index (κ3) is 3.49. The summed E-state index contributed by atoms with van der Waals surface area (Å²) in [5.41, 5.74) is 2.50. The Hall–Kier alpha value is -2.60. The van der Waals surface area contributed by atoms with Crippen molar-refractivity contribution in [3.05, 3.63) is 53.1 Å². The maximum absolute atomic E-state index is 13.0. The van der Waals surface area contributed by atoms with Gasteiger partial charge in [-0.05, 0) is 43.3 Å². The summed E-state index contributed by atoms with van der Waals surface area (Å²) in [4.78, 5) is 16.5. The SMILES string of the molecule is Cc1nc2cc(N[C@H](C)C(=O)Nc3ccc(F)cc3Cl)ccc2o1. The second kappa shape index (κ2) is 6.49. The van der Waals surface area contributed by atoms with Crippen molar-refractivity contribution in [2.45, 2.75) is 19.9 Å². The summed E-state index contributed by atoms with van der Waals surface area (Å²) in [6.45, 7) is 3.49. The van der Waals surface area contributed by atoms with Gasteiger partial charge in [0.15, 0.2) is 11.5 Å². The maximum atomic E-state index is 13.0. The third-order valence-corrected chi connectivity index (χ3v) is 3.77. The Morgan fingerprint density at radius 1 is 1.29 bits per heavy atom. The number of anilines is 2. The van der Waals surface area contributed by atoms with Crippen LogP contribution in [0.25, 0.3) is 11.1 Å². The first-order valence-corrected chi connectivity index (χ1v) is 7.70. The molecule has 0 aliphatic carbocycles. The van der Waals surface area contributed by atoms with Crippen LogP contribution >= 0.6 is 11.6 Å². The van der Waals surface area contributed by atoms with Gasteiger partial charge in [0.05, 0.1) is 10.7 Å². The average Bonchev–Trinajstić information content (AvgIpc) is 2.89. The minimum absolute atomic E-state index is 0.148. The van der Waals surface area contributed by atoms with Gasteiger partial charge in [0.1, 0.15) is 17.4 Å². The molecule has 124 valence electrons. The number of oxazole rings is 1. The molecule has 0 fully saturated rings. The lowest BCUT2D eigenvalue weighted by Crippen LogP contribution is -2.31. The molecule has 7 heteroatoms. The molecule has 3 aromatic rings. The molecule has 24 heavy (non-hydrogen) atoms. The zero-order valence-electron chi connectivity index (χ0n) is 13.1. The second-order valence-corrected chi connectivity index (χ2v) is 5.80. The number of fused-ring (bicyclic) bond motifs is 1. The van der Waals surface area contributed by atoms with E-state index in [4.69, 9.17) is 16.0 Å². The summed E-state index contributed by atoms with van der Waals surface area (Å²) < 4.78 is 18.5. The highest BCUT2D eigenvalue weighted by atomic mass is 35.5. The molecule has 2 aromatic carbocycles. The van der Waals surface area contributed by atoms with Gasteiger partial charge < -0.3 is 15.1 Å². The Balaban J connectivity index is 1.70. The van der Waals surface area contributed by atoms with E-state index >= 15 is 0 Å². The molecule has 0 unspecified atom stereocenters. The maximum Gasteiger partial charge on any atom is 0.246 e. The minimum atomic E-state index is -0.531. The van der Waals surface area contributed by atoms with Crippen LogP contribution in [-0.4, -0.2) is 16.9 Å². The zero-order valence-corrected chi connectivity index (χ0v) is 13.8. The number of benzene rings is 2. The molecule has 1 heterocycles. The molecule has 0 radical (unpaired) electrons. The molecule has 0 saturated heterocycles. The highest BCUT2D eigenvalue weighted by molar-refractivity contribution is 6.33. The summed E-state index contributed by atoms with van der Waals surface area (Å²) in [6.07, 6.45) is 0. The highest BCUT2D eigenvalue weighted by Crippen LogP contribution is 2.23. The third-order valence-electron chi connectivity index (χ3n) is 3.46. The quantitative estimate of drug-likeness (QED) is 0.735. The lowest BCUT2D eigenvalue weighted by Gasteiger charge is -2.16. The minimum Gasteiger partial charge on any atom is -0.441 e. The van der Waals surface area contributed by atoms with Crippen molar-refractivity contribution in [3.63, 3.8) is 0 Å².